The Morgan fingerprint density at radius 3 is 2.36 bits per heavy atom. The van der Waals surface area contributed by atoms with E-state index in [0.717, 1.165) is 96.1 Å². The Morgan fingerprint density at radius 1 is 0.881 bits per heavy atom. The highest BCUT2D eigenvalue weighted by atomic mass is 32.1. The van der Waals surface area contributed by atoms with Crippen molar-refractivity contribution in [3.63, 3.8) is 0 Å². The second-order valence-corrected chi connectivity index (χ2v) is 19.7. The van der Waals surface area contributed by atoms with Crippen molar-refractivity contribution in [3.8, 4) is 11.1 Å². The predicted molar refractivity (Wildman–Crippen MR) is 237 cm³/mol. The van der Waals surface area contributed by atoms with Crippen LogP contribution in [0.15, 0.2) is 48.7 Å². The van der Waals surface area contributed by atoms with Gasteiger partial charge >= 0.3 is 0 Å². The third-order valence-electron chi connectivity index (χ3n) is 12.9. The maximum atomic E-state index is 14.1. The molecule has 314 valence electrons. The zero-order valence-electron chi connectivity index (χ0n) is 36.1. The Hall–Kier alpha value is -4.50. The lowest BCUT2D eigenvalue weighted by Crippen LogP contribution is -2.64. The second-order valence-electron chi connectivity index (χ2n) is 18.7. The van der Waals surface area contributed by atoms with Crippen LogP contribution in [-0.2, 0) is 11.3 Å². The molecule has 4 bridgehead atoms. The first kappa shape index (κ1) is 41.2. The summed E-state index contributed by atoms with van der Waals surface area (Å²) in [7, 11) is 7.52. The van der Waals surface area contributed by atoms with Gasteiger partial charge in [0.1, 0.15) is 11.5 Å². The monoisotopic (exact) mass is 819 g/mol. The number of hydrogen-bond acceptors (Lipinski definition) is 12. The van der Waals surface area contributed by atoms with Crippen molar-refractivity contribution in [1.82, 2.24) is 45.5 Å². The molecular weight excluding hydrogens is 759 g/mol. The number of unbranched alkanes of at least 4 members (excludes halogenated alkanes) is 1. The third-order valence-corrected chi connectivity index (χ3v) is 13.8. The number of carbonyl (C=O) groups is 1. The summed E-state index contributed by atoms with van der Waals surface area (Å²) in [6.45, 7) is 13.1. The molecule has 0 saturated heterocycles. The molecule has 0 spiro atoms. The number of benzene rings is 1. The van der Waals surface area contributed by atoms with Gasteiger partial charge in [0.2, 0.25) is 0 Å². The number of carbonyl (C=O) groups excluding carboxylic acids is 1. The molecule has 1 amide bonds. The smallest absolute Gasteiger partial charge is 0.272 e. The van der Waals surface area contributed by atoms with Gasteiger partial charge in [0, 0.05) is 50.6 Å². The fourth-order valence-corrected chi connectivity index (χ4v) is 12.4. The van der Waals surface area contributed by atoms with E-state index in [1.807, 2.05) is 63.6 Å². The van der Waals surface area contributed by atoms with E-state index in [9.17, 15) is 4.79 Å². The Bertz CT molecular complexity index is 2270. The van der Waals surface area contributed by atoms with Crippen LogP contribution in [-0.4, -0.2) is 101 Å². The lowest BCUT2D eigenvalue weighted by Gasteiger charge is -2.69. The first-order chi connectivity index (χ1) is 28.2. The van der Waals surface area contributed by atoms with Crippen LogP contribution in [0.1, 0.15) is 87.0 Å². The molecule has 9 rings (SSSR count). The minimum absolute atomic E-state index is 0.0842. The van der Waals surface area contributed by atoms with Crippen molar-refractivity contribution in [2.24, 2.45) is 16.2 Å². The molecule has 2 unspecified atom stereocenters. The summed E-state index contributed by atoms with van der Waals surface area (Å²) in [6, 6.07) is 14.2. The number of aromatic nitrogens is 6. The maximum absolute atomic E-state index is 14.1. The summed E-state index contributed by atoms with van der Waals surface area (Å²) in [5, 5.41) is 25.1. The van der Waals surface area contributed by atoms with E-state index in [-0.39, 0.29) is 27.8 Å². The largest absolute Gasteiger partial charge is 0.374 e. The molecule has 4 atom stereocenters. The van der Waals surface area contributed by atoms with Crippen LogP contribution >= 0.6 is 11.3 Å². The molecule has 5 aromatic rings. The summed E-state index contributed by atoms with van der Waals surface area (Å²) in [5.41, 5.74) is 5.55. The fraction of sp³-hybridized carbons (Fsp3) is 0.556. The van der Waals surface area contributed by atoms with Crippen molar-refractivity contribution in [2.45, 2.75) is 91.2 Å². The number of rotatable bonds is 17. The van der Waals surface area contributed by atoms with Gasteiger partial charge in [0.25, 0.3) is 5.91 Å². The quantitative estimate of drug-likeness (QED) is 0.0790. The van der Waals surface area contributed by atoms with Gasteiger partial charge in [-0.15, -0.1) is 10.2 Å². The van der Waals surface area contributed by atoms with Gasteiger partial charge in [0.15, 0.2) is 16.8 Å². The predicted octanol–water partition coefficient (Wildman–Crippen LogP) is 7.90. The van der Waals surface area contributed by atoms with E-state index in [2.05, 4.69) is 57.5 Å². The number of pyridine rings is 1. The van der Waals surface area contributed by atoms with Gasteiger partial charge in [0.05, 0.1) is 28.6 Å². The zero-order valence-corrected chi connectivity index (χ0v) is 36.9. The lowest BCUT2D eigenvalue weighted by atomic mass is 9.39. The number of nitrogens with zero attached hydrogens (tertiary/aromatic N) is 8. The van der Waals surface area contributed by atoms with Crippen molar-refractivity contribution in [1.29, 1.82) is 0 Å². The molecule has 59 heavy (non-hydrogen) atoms. The molecule has 14 heteroatoms. The van der Waals surface area contributed by atoms with Crippen LogP contribution in [0.25, 0.3) is 21.3 Å². The van der Waals surface area contributed by atoms with Gasteiger partial charge in [-0.05, 0) is 138 Å². The average molecular weight is 820 g/mol. The molecule has 0 aliphatic heterocycles. The van der Waals surface area contributed by atoms with Gasteiger partial charge in [-0.25, -0.2) is 9.97 Å². The summed E-state index contributed by atoms with van der Waals surface area (Å²) < 4.78 is 10.1. The van der Waals surface area contributed by atoms with E-state index in [1.54, 1.807) is 30.3 Å². The fourth-order valence-electron chi connectivity index (χ4n) is 11.6. The minimum Gasteiger partial charge on any atom is -0.374 e. The Morgan fingerprint density at radius 2 is 1.64 bits per heavy atom. The van der Waals surface area contributed by atoms with Crippen LogP contribution in [0, 0.1) is 30.1 Å². The number of para-hydroxylation sites is 1. The average Bonchev–Trinajstić information content (AvgIpc) is 3.75. The topological polar surface area (TPSA) is 138 Å². The van der Waals surface area contributed by atoms with E-state index in [0.29, 0.717) is 29.7 Å². The molecule has 4 aliphatic rings. The van der Waals surface area contributed by atoms with Crippen molar-refractivity contribution in [3.05, 3.63) is 65.6 Å². The van der Waals surface area contributed by atoms with Crippen LogP contribution in [0.3, 0.4) is 0 Å². The molecule has 13 nitrogen and oxygen atoms in total. The number of thiazole rings is 1. The molecular formula is C45H61N11O2S. The highest BCUT2D eigenvalue weighted by Gasteiger charge is 2.66. The summed E-state index contributed by atoms with van der Waals surface area (Å²) in [6.07, 6.45) is 10.8. The number of amides is 1. The molecule has 3 N–H and O–H groups in total. The number of ether oxygens (including phenoxy) is 1. The number of likely N-dealkylation sites (N-methyl/N-ethyl adjacent to an activating group) is 1. The zero-order chi connectivity index (χ0) is 41.6. The van der Waals surface area contributed by atoms with Gasteiger partial charge in [-0.1, -0.05) is 37.3 Å². The van der Waals surface area contributed by atoms with Crippen molar-refractivity contribution >= 4 is 50.0 Å². The molecule has 4 aliphatic carbocycles. The van der Waals surface area contributed by atoms with Crippen LogP contribution in [0.4, 0.5) is 22.6 Å². The Kier molecular flexibility index (Phi) is 11.3. The molecule has 4 saturated carbocycles. The van der Waals surface area contributed by atoms with Gasteiger partial charge in [-0.2, -0.15) is 5.10 Å². The Labute approximate surface area is 352 Å². The van der Waals surface area contributed by atoms with Crippen molar-refractivity contribution < 1.29 is 9.53 Å². The number of fused-ring (bicyclic) bond motifs is 1. The number of aryl methyl sites for hydroxylation is 1. The first-order valence-electron chi connectivity index (χ1n) is 21.2. The number of nitrogens with one attached hydrogen (secondary N) is 3. The van der Waals surface area contributed by atoms with Gasteiger partial charge in [-0.3, -0.25) is 9.48 Å². The maximum Gasteiger partial charge on any atom is 0.272 e. The first-order valence-corrected chi connectivity index (χ1v) is 22.0. The second kappa shape index (κ2) is 16.2. The van der Waals surface area contributed by atoms with E-state index in [1.165, 1.54) is 19.3 Å². The molecule has 4 fully saturated rings. The number of hydrogen-bond donors (Lipinski definition) is 3. The minimum atomic E-state index is -0.163. The summed E-state index contributed by atoms with van der Waals surface area (Å²) in [5.74, 6) is 1.80. The summed E-state index contributed by atoms with van der Waals surface area (Å²) in [4.78, 5) is 27.6. The van der Waals surface area contributed by atoms with E-state index < -0.39 is 0 Å². The van der Waals surface area contributed by atoms with Crippen molar-refractivity contribution in [2.75, 3.05) is 64.6 Å². The lowest BCUT2D eigenvalue weighted by molar-refractivity contribution is -0.247. The molecule has 0 radical (unpaired) electrons. The van der Waals surface area contributed by atoms with E-state index >= 15 is 0 Å². The highest BCUT2D eigenvalue weighted by Crippen LogP contribution is 2.72. The summed E-state index contributed by atoms with van der Waals surface area (Å²) >= 11 is 1.58. The molecule has 4 heterocycles. The molecule has 4 aromatic heterocycles. The standard InChI is InChI=1S/C45H61N11O2S/c1-30-21-37(52-53-39(30)51-41-49-34-13-9-10-14-35(34)59-41)55(19-12-11-17-46-5)36-16-15-32(38(50-36)40(57)54(7)8)33-22-48-56(31(33)2)29-44-24-42(3)23-43(4,25-44)27-45(26-42,28-44)58-20-18-47-6/h9-10,13-16,21-22,46-47H,11-12,17-20,23-29H2,1-8H3,(H,49,51,53)/t42-,43+,44?,45?. The van der Waals surface area contributed by atoms with E-state index in [4.69, 9.17) is 24.9 Å². The highest BCUT2D eigenvalue weighted by molar-refractivity contribution is 7.22. The van der Waals surface area contributed by atoms with Gasteiger partial charge < -0.3 is 30.5 Å². The van der Waals surface area contributed by atoms with Crippen LogP contribution in [0.5, 0.6) is 0 Å². The Balaban J connectivity index is 1.10. The van der Waals surface area contributed by atoms with Crippen LogP contribution in [0.2, 0.25) is 0 Å². The third kappa shape index (κ3) is 8.33. The number of anilines is 4. The van der Waals surface area contributed by atoms with Crippen LogP contribution < -0.4 is 20.9 Å². The normalized spacial score (nSPS) is 24.5. The molecule has 1 aromatic carbocycles. The SMILES string of the molecule is CNCCCCN(c1cc(C)c(Nc2nc3ccccc3s2)nn1)c1ccc(-c2cnn(CC34CC5(OCCNC)C[C@](C)(C3)C[C@](C)(C4)C5)c2C)c(C(=O)N(C)C)n1.